The van der Waals surface area contributed by atoms with E-state index < -0.39 is 0 Å². The first kappa shape index (κ1) is 19.9. The quantitative estimate of drug-likeness (QED) is 0.589. The molecule has 0 N–H and O–H groups in total. The fourth-order valence-corrected chi connectivity index (χ4v) is 3.91. The number of hydrogen-bond donors (Lipinski definition) is 0. The molecular weight excluding hydrogens is 416 g/mol. The lowest BCUT2D eigenvalue weighted by Crippen LogP contribution is -2.46. The van der Waals surface area contributed by atoms with Gasteiger partial charge in [-0.3, -0.25) is 4.90 Å². The molecule has 0 unspecified atom stereocenters. The van der Waals surface area contributed by atoms with Gasteiger partial charge in [0.2, 0.25) is 12.7 Å². The fourth-order valence-electron chi connectivity index (χ4n) is 3.79. The molecule has 0 radical (unpaired) electrons. The Balaban J connectivity index is 1.19. The number of hydrogen-bond acceptors (Lipinski definition) is 7. The zero-order valence-corrected chi connectivity index (χ0v) is 18.0. The van der Waals surface area contributed by atoms with E-state index in [-0.39, 0.29) is 0 Å². The second-order valence-electron chi connectivity index (χ2n) is 7.68. The van der Waals surface area contributed by atoms with Crippen LogP contribution in [0.1, 0.15) is 11.1 Å². The standard InChI is InChI=1S/C23H23ClN4O3/c1-16-10-18(3-4-19(16)24)31-23-12-22(25-14-26-23)28-8-6-27(7-9-28)13-17-2-5-20-21(11-17)30-15-29-20/h2-5,10-12,14H,6-9,13,15H2,1H3. The number of aromatic nitrogens is 2. The Morgan fingerprint density at radius 2 is 1.81 bits per heavy atom. The Hall–Kier alpha value is -3.03. The summed E-state index contributed by atoms with van der Waals surface area (Å²) in [6.45, 7) is 6.82. The molecule has 1 aromatic heterocycles. The van der Waals surface area contributed by atoms with Crippen molar-refractivity contribution in [1.29, 1.82) is 0 Å². The normalized spacial score (nSPS) is 15.9. The fraction of sp³-hybridized carbons (Fsp3) is 0.304. The highest BCUT2D eigenvalue weighted by molar-refractivity contribution is 6.31. The molecule has 0 aliphatic carbocycles. The predicted octanol–water partition coefficient (Wildman–Crippen LogP) is 4.28. The minimum absolute atomic E-state index is 0.305. The van der Waals surface area contributed by atoms with Gasteiger partial charge in [-0.2, -0.15) is 0 Å². The molecule has 3 heterocycles. The predicted molar refractivity (Wildman–Crippen MR) is 118 cm³/mol. The molecule has 1 saturated heterocycles. The van der Waals surface area contributed by atoms with Gasteiger partial charge in [-0.15, -0.1) is 0 Å². The van der Waals surface area contributed by atoms with Crippen LogP contribution in [0.25, 0.3) is 0 Å². The highest BCUT2D eigenvalue weighted by Gasteiger charge is 2.20. The Labute approximate surface area is 186 Å². The zero-order chi connectivity index (χ0) is 21.2. The van der Waals surface area contributed by atoms with Crippen LogP contribution < -0.4 is 19.1 Å². The van der Waals surface area contributed by atoms with Crippen molar-refractivity contribution < 1.29 is 14.2 Å². The van der Waals surface area contributed by atoms with Gasteiger partial charge < -0.3 is 19.1 Å². The number of rotatable bonds is 5. The Kier molecular flexibility index (Phi) is 5.53. The maximum Gasteiger partial charge on any atom is 0.231 e. The van der Waals surface area contributed by atoms with Gasteiger partial charge in [0.1, 0.15) is 17.9 Å². The Morgan fingerprint density at radius 1 is 0.968 bits per heavy atom. The zero-order valence-electron chi connectivity index (χ0n) is 17.3. The second kappa shape index (κ2) is 8.61. The van der Waals surface area contributed by atoms with Crippen LogP contribution in [0.3, 0.4) is 0 Å². The molecule has 1 fully saturated rings. The summed E-state index contributed by atoms with van der Waals surface area (Å²) in [4.78, 5) is 13.4. The minimum Gasteiger partial charge on any atom is -0.454 e. The molecule has 0 bridgehead atoms. The largest absolute Gasteiger partial charge is 0.454 e. The van der Waals surface area contributed by atoms with Crippen molar-refractivity contribution in [2.24, 2.45) is 0 Å². The van der Waals surface area contributed by atoms with Crippen molar-refractivity contribution in [1.82, 2.24) is 14.9 Å². The maximum atomic E-state index is 6.09. The van der Waals surface area contributed by atoms with Crippen LogP contribution >= 0.6 is 11.6 Å². The van der Waals surface area contributed by atoms with Crippen LogP contribution in [0.15, 0.2) is 48.8 Å². The highest BCUT2D eigenvalue weighted by atomic mass is 35.5. The number of benzene rings is 2. The summed E-state index contributed by atoms with van der Waals surface area (Å²) in [5.74, 6) is 3.76. The monoisotopic (exact) mass is 438 g/mol. The van der Waals surface area contributed by atoms with E-state index in [2.05, 4.69) is 31.9 Å². The smallest absolute Gasteiger partial charge is 0.231 e. The topological polar surface area (TPSA) is 60.0 Å². The summed E-state index contributed by atoms with van der Waals surface area (Å²) < 4.78 is 16.8. The van der Waals surface area contributed by atoms with Gasteiger partial charge in [-0.25, -0.2) is 9.97 Å². The lowest BCUT2D eigenvalue weighted by atomic mass is 10.1. The number of ether oxygens (including phenoxy) is 3. The van der Waals surface area contributed by atoms with E-state index in [0.29, 0.717) is 23.4 Å². The Bertz CT molecular complexity index is 1090. The molecule has 0 amide bonds. The van der Waals surface area contributed by atoms with Gasteiger partial charge in [0.25, 0.3) is 0 Å². The van der Waals surface area contributed by atoms with Crippen LogP contribution in [-0.2, 0) is 6.54 Å². The summed E-state index contributed by atoms with van der Waals surface area (Å²) in [5, 5.41) is 0.717. The molecule has 0 atom stereocenters. The van der Waals surface area contributed by atoms with Crippen LogP contribution in [0.2, 0.25) is 5.02 Å². The lowest BCUT2D eigenvalue weighted by molar-refractivity contribution is 0.174. The molecule has 5 rings (SSSR count). The van der Waals surface area contributed by atoms with Crippen molar-refractivity contribution >= 4 is 17.4 Å². The molecule has 2 aromatic carbocycles. The molecule has 8 heteroatoms. The van der Waals surface area contributed by atoms with Crippen LogP contribution in [0, 0.1) is 6.92 Å². The summed E-state index contributed by atoms with van der Waals surface area (Å²) in [6.07, 6.45) is 1.55. The van der Waals surface area contributed by atoms with Crippen LogP contribution in [-0.4, -0.2) is 47.8 Å². The molecule has 31 heavy (non-hydrogen) atoms. The first-order valence-electron chi connectivity index (χ1n) is 10.3. The maximum absolute atomic E-state index is 6.09. The second-order valence-corrected chi connectivity index (χ2v) is 8.09. The number of aryl methyl sites for hydroxylation is 1. The third-order valence-electron chi connectivity index (χ3n) is 5.52. The van der Waals surface area contributed by atoms with Crippen molar-refractivity contribution in [3.63, 3.8) is 0 Å². The van der Waals surface area contributed by atoms with Crippen molar-refractivity contribution in [3.8, 4) is 23.1 Å². The van der Waals surface area contributed by atoms with E-state index in [0.717, 1.165) is 55.6 Å². The number of halogens is 1. The van der Waals surface area contributed by atoms with E-state index in [1.54, 1.807) is 6.33 Å². The summed E-state index contributed by atoms with van der Waals surface area (Å²) in [6, 6.07) is 13.6. The van der Waals surface area contributed by atoms with Gasteiger partial charge in [0.05, 0.1) is 0 Å². The molecule has 0 spiro atoms. The SMILES string of the molecule is Cc1cc(Oc2cc(N3CCN(Cc4ccc5c(c4)OCO5)CC3)ncn2)ccc1Cl. The van der Waals surface area contributed by atoms with Gasteiger partial charge in [0, 0.05) is 43.8 Å². The average Bonchev–Trinajstić information content (AvgIpc) is 3.25. The van der Waals surface area contributed by atoms with Crippen molar-refractivity contribution in [3.05, 3.63) is 64.9 Å². The van der Waals surface area contributed by atoms with Crippen molar-refractivity contribution in [2.75, 3.05) is 37.9 Å². The average molecular weight is 439 g/mol. The molecule has 3 aromatic rings. The molecule has 7 nitrogen and oxygen atoms in total. The summed E-state index contributed by atoms with van der Waals surface area (Å²) in [7, 11) is 0. The molecule has 160 valence electrons. The highest BCUT2D eigenvalue weighted by Crippen LogP contribution is 2.33. The van der Waals surface area contributed by atoms with Gasteiger partial charge >= 0.3 is 0 Å². The van der Waals surface area contributed by atoms with E-state index in [1.807, 2.05) is 37.3 Å². The summed E-state index contributed by atoms with van der Waals surface area (Å²) in [5.41, 5.74) is 2.20. The van der Waals surface area contributed by atoms with E-state index >= 15 is 0 Å². The first-order valence-corrected chi connectivity index (χ1v) is 10.6. The lowest BCUT2D eigenvalue weighted by Gasteiger charge is -2.35. The number of fused-ring (bicyclic) bond motifs is 1. The first-order chi connectivity index (χ1) is 15.1. The van der Waals surface area contributed by atoms with Crippen LogP contribution in [0.5, 0.6) is 23.1 Å². The number of nitrogens with zero attached hydrogens (tertiary/aromatic N) is 4. The third kappa shape index (κ3) is 4.52. The molecule has 2 aliphatic rings. The third-order valence-corrected chi connectivity index (χ3v) is 5.94. The number of anilines is 1. The van der Waals surface area contributed by atoms with Crippen LogP contribution in [0.4, 0.5) is 5.82 Å². The molecule has 0 saturated carbocycles. The van der Waals surface area contributed by atoms with Crippen molar-refractivity contribution in [2.45, 2.75) is 13.5 Å². The van der Waals surface area contributed by atoms with Gasteiger partial charge in [-0.05, 0) is 48.4 Å². The van der Waals surface area contributed by atoms with E-state index in [4.69, 9.17) is 25.8 Å². The summed E-state index contributed by atoms with van der Waals surface area (Å²) >= 11 is 6.09. The van der Waals surface area contributed by atoms with Gasteiger partial charge in [0.15, 0.2) is 11.5 Å². The van der Waals surface area contributed by atoms with E-state index in [9.17, 15) is 0 Å². The Morgan fingerprint density at radius 3 is 2.65 bits per heavy atom. The molecular formula is C23H23ClN4O3. The molecule has 2 aliphatic heterocycles. The minimum atomic E-state index is 0.305. The number of piperazine rings is 1. The van der Waals surface area contributed by atoms with Gasteiger partial charge in [-0.1, -0.05) is 17.7 Å². The van der Waals surface area contributed by atoms with E-state index in [1.165, 1.54) is 5.56 Å².